The lowest BCUT2D eigenvalue weighted by Gasteiger charge is -2.13. The largest absolute Gasteiger partial charge is 0.316 e. The molecule has 0 aliphatic carbocycles. The highest BCUT2D eigenvalue weighted by Crippen LogP contribution is 2.42. The first-order valence-corrected chi connectivity index (χ1v) is 19.5. The third-order valence-electron chi connectivity index (χ3n) is 11.6. The number of aromatic nitrogens is 4. The van der Waals surface area contributed by atoms with Crippen LogP contribution in [-0.4, -0.2) is 18.7 Å². The Balaban J connectivity index is 1.12. The number of fused-ring (bicyclic) bond motifs is 10. The second kappa shape index (κ2) is 12.4. The molecule has 0 radical (unpaired) electrons. The number of pyridine rings is 1. The summed E-state index contributed by atoms with van der Waals surface area (Å²) < 4.78 is 7.13. The molecule has 0 aliphatic rings. The summed E-state index contributed by atoms with van der Waals surface area (Å²) in [5.74, 6) is 0.892. The molecule has 0 fully saturated rings. The van der Waals surface area contributed by atoms with E-state index in [1.807, 2.05) is 0 Å². The Morgan fingerprint density at radius 2 is 0.965 bits per heavy atom. The minimum atomic E-state index is 0.892. The maximum Gasteiger partial charge on any atom is 0.138 e. The smallest absolute Gasteiger partial charge is 0.138 e. The highest BCUT2D eigenvalue weighted by atomic mass is 15.1. The molecule has 0 N–H and O–H groups in total. The van der Waals surface area contributed by atoms with E-state index in [4.69, 9.17) is 4.98 Å². The molecule has 0 amide bonds. The molecular weight excluding hydrogens is 693 g/mol. The fraction of sp³-hybridized carbons (Fsp3) is 0. The summed E-state index contributed by atoms with van der Waals surface area (Å²) in [5.41, 5.74) is 12.4. The Morgan fingerprint density at radius 1 is 0.351 bits per heavy atom. The van der Waals surface area contributed by atoms with Crippen molar-refractivity contribution >= 4 is 65.3 Å². The number of nitrogens with zero attached hydrogens (tertiary/aromatic N) is 4. The van der Waals surface area contributed by atoms with Gasteiger partial charge in [0.05, 0.1) is 33.3 Å². The zero-order valence-electron chi connectivity index (χ0n) is 30.9. The van der Waals surface area contributed by atoms with Gasteiger partial charge in [-0.3, -0.25) is 4.57 Å². The molecule has 4 heterocycles. The van der Waals surface area contributed by atoms with Crippen LogP contribution in [-0.2, 0) is 0 Å². The van der Waals surface area contributed by atoms with E-state index in [9.17, 15) is 0 Å². The lowest BCUT2D eigenvalue weighted by molar-refractivity contribution is 1.08. The van der Waals surface area contributed by atoms with Crippen molar-refractivity contribution in [1.29, 1.82) is 0 Å². The molecule has 57 heavy (non-hydrogen) atoms. The fourth-order valence-corrected chi connectivity index (χ4v) is 9.11. The van der Waals surface area contributed by atoms with Gasteiger partial charge in [-0.1, -0.05) is 133 Å². The van der Waals surface area contributed by atoms with Crippen molar-refractivity contribution in [2.45, 2.75) is 0 Å². The van der Waals surface area contributed by atoms with Crippen LogP contribution in [0.2, 0.25) is 0 Å². The van der Waals surface area contributed by atoms with Gasteiger partial charge in [0.25, 0.3) is 0 Å². The molecule has 12 aromatic rings. The molecule has 4 aromatic heterocycles. The summed E-state index contributed by atoms with van der Waals surface area (Å²) in [4.78, 5) is 5.36. The van der Waals surface area contributed by atoms with Crippen molar-refractivity contribution < 1.29 is 0 Å². The molecule has 0 bridgehead atoms. The van der Waals surface area contributed by atoms with E-state index in [0.717, 1.165) is 50.6 Å². The lowest BCUT2D eigenvalue weighted by atomic mass is 10.0. The Morgan fingerprint density at radius 3 is 1.75 bits per heavy atom. The van der Waals surface area contributed by atoms with Crippen molar-refractivity contribution in [2.75, 3.05) is 0 Å². The van der Waals surface area contributed by atoms with Gasteiger partial charge in [-0.25, -0.2) is 4.98 Å². The summed E-state index contributed by atoms with van der Waals surface area (Å²) >= 11 is 0. The van der Waals surface area contributed by atoms with E-state index in [1.165, 1.54) is 54.3 Å². The number of benzene rings is 8. The Kier molecular flexibility index (Phi) is 6.89. The highest BCUT2D eigenvalue weighted by Gasteiger charge is 2.21. The van der Waals surface area contributed by atoms with E-state index in [-0.39, 0.29) is 0 Å². The fourth-order valence-electron chi connectivity index (χ4n) is 9.11. The van der Waals surface area contributed by atoms with Crippen molar-refractivity contribution in [3.05, 3.63) is 206 Å². The van der Waals surface area contributed by atoms with Crippen LogP contribution >= 0.6 is 0 Å². The lowest BCUT2D eigenvalue weighted by Crippen LogP contribution is -2.00. The van der Waals surface area contributed by atoms with Crippen LogP contribution < -0.4 is 0 Å². The van der Waals surface area contributed by atoms with Gasteiger partial charge < -0.3 is 9.13 Å². The van der Waals surface area contributed by atoms with Gasteiger partial charge in [0.1, 0.15) is 5.82 Å². The number of para-hydroxylation sites is 3. The topological polar surface area (TPSA) is 27.7 Å². The first-order valence-electron chi connectivity index (χ1n) is 19.5. The molecular formula is C53H34N4. The van der Waals surface area contributed by atoms with Gasteiger partial charge in [-0.15, -0.1) is 0 Å². The first kappa shape index (κ1) is 31.6. The second-order valence-electron chi connectivity index (χ2n) is 14.8. The van der Waals surface area contributed by atoms with Crippen LogP contribution in [0.4, 0.5) is 0 Å². The number of rotatable bonds is 5. The van der Waals surface area contributed by atoms with Crippen LogP contribution in [0.25, 0.3) is 105 Å². The monoisotopic (exact) mass is 726 g/mol. The molecule has 4 nitrogen and oxygen atoms in total. The average Bonchev–Trinajstić information content (AvgIpc) is 3.97. The molecule has 0 saturated heterocycles. The molecule has 8 aromatic carbocycles. The van der Waals surface area contributed by atoms with Gasteiger partial charge in [-0.05, 0) is 83.2 Å². The summed E-state index contributed by atoms with van der Waals surface area (Å²) in [7, 11) is 0. The highest BCUT2D eigenvalue weighted by molar-refractivity contribution is 6.28. The van der Waals surface area contributed by atoms with E-state index in [0.29, 0.717) is 0 Å². The predicted molar refractivity (Wildman–Crippen MR) is 238 cm³/mol. The molecule has 0 atom stereocenters. The number of hydrogen-bond acceptors (Lipinski definition) is 1. The molecule has 0 unspecified atom stereocenters. The predicted octanol–water partition coefficient (Wildman–Crippen LogP) is 13.7. The van der Waals surface area contributed by atoms with Crippen LogP contribution in [0.1, 0.15) is 0 Å². The van der Waals surface area contributed by atoms with E-state index in [1.54, 1.807) is 0 Å². The average molecular weight is 727 g/mol. The maximum atomic E-state index is 5.36. The van der Waals surface area contributed by atoms with E-state index >= 15 is 0 Å². The summed E-state index contributed by atoms with van der Waals surface area (Å²) in [6.45, 7) is 0. The Bertz CT molecular complexity index is 3440. The molecule has 0 aliphatic heterocycles. The van der Waals surface area contributed by atoms with E-state index < -0.39 is 0 Å². The Hall–Kier alpha value is -7.69. The van der Waals surface area contributed by atoms with Gasteiger partial charge in [0.2, 0.25) is 0 Å². The van der Waals surface area contributed by atoms with E-state index in [2.05, 4.69) is 220 Å². The van der Waals surface area contributed by atoms with Crippen molar-refractivity contribution in [3.63, 3.8) is 0 Å². The van der Waals surface area contributed by atoms with Crippen molar-refractivity contribution in [3.8, 4) is 39.6 Å². The second-order valence-corrected chi connectivity index (χ2v) is 14.8. The van der Waals surface area contributed by atoms with Gasteiger partial charge >= 0.3 is 0 Å². The minimum Gasteiger partial charge on any atom is -0.316 e. The van der Waals surface area contributed by atoms with Gasteiger partial charge in [-0.2, -0.15) is 0 Å². The van der Waals surface area contributed by atoms with Gasteiger partial charge in [0, 0.05) is 55.5 Å². The Labute approximate surface area is 328 Å². The molecule has 12 rings (SSSR count). The molecule has 266 valence electrons. The SMILES string of the molecule is c1ccc(-c2cc(-c3ccccc3)nc(-n3c4ccccc4c4cc(-n5c6ccccc6c6c7c(ccc8ccn(-c9ccccc9)c87)ccc65)ccc43)c2)cc1. The first-order chi connectivity index (χ1) is 28.3. The molecule has 0 spiro atoms. The van der Waals surface area contributed by atoms with Crippen molar-refractivity contribution in [1.82, 2.24) is 18.7 Å². The summed E-state index contributed by atoms with van der Waals surface area (Å²) in [5, 5.41) is 8.61. The summed E-state index contributed by atoms with van der Waals surface area (Å²) in [6, 6.07) is 72.0. The molecule has 0 saturated carbocycles. The van der Waals surface area contributed by atoms with Crippen molar-refractivity contribution in [2.24, 2.45) is 0 Å². The summed E-state index contributed by atoms with van der Waals surface area (Å²) in [6.07, 6.45) is 2.20. The third-order valence-corrected chi connectivity index (χ3v) is 11.6. The van der Waals surface area contributed by atoms with Crippen LogP contribution in [0.15, 0.2) is 206 Å². The van der Waals surface area contributed by atoms with Crippen LogP contribution in [0, 0.1) is 0 Å². The van der Waals surface area contributed by atoms with Gasteiger partial charge in [0.15, 0.2) is 0 Å². The quantitative estimate of drug-likeness (QED) is 0.174. The number of hydrogen-bond donors (Lipinski definition) is 0. The molecule has 4 heteroatoms. The standard InChI is InChI=1S/C53H34N4/c1-4-14-35(15-5-1)39-32-45(36-16-6-2-7-17-36)54-50(33-39)57-46-22-12-10-20-42(46)44-34-41(27-29-48(44)57)56-47-23-13-11-21-43(47)52-49(56)28-26-37-24-25-38-30-31-55(53(38)51(37)52)40-18-8-3-9-19-40/h1-34H. The third kappa shape index (κ3) is 4.84. The minimum absolute atomic E-state index is 0.892. The van der Waals surface area contributed by atoms with Crippen LogP contribution in [0.3, 0.4) is 0 Å². The zero-order valence-corrected chi connectivity index (χ0v) is 30.9. The zero-order chi connectivity index (χ0) is 37.5. The van der Waals surface area contributed by atoms with Crippen LogP contribution in [0.5, 0.6) is 0 Å². The maximum absolute atomic E-state index is 5.36. The normalized spacial score (nSPS) is 11.9.